The molecular formula is C9H8F3IO3S. The fraction of sp³-hybridized carbons (Fsp3) is 0.111. The van der Waals surface area contributed by atoms with Crippen molar-refractivity contribution < 1.29 is 24.1 Å². The first-order chi connectivity index (χ1) is 7.78. The minimum atomic E-state index is -5.56. The topological polar surface area (TPSA) is 43.4 Å². The molecule has 0 radical (unpaired) electrons. The molecule has 0 unspecified atom stereocenters. The van der Waals surface area contributed by atoms with E-state index in [1.54, 1.807) is 18.2 Å². The van der Waals surface area contributed by atoms with Gasteiger partial charge in [0, 0.05) is 0 Å². The first kappa shape index (κ1) is 14.5. The summed E-state index contributed by atoms with van der Waals surface area (Å²) in [6.45, 7) is 3.32. The van der Waals surface area contributed by atoms with E-state index in [2.05, 4.69) is 9.09 Å². The zero-order valence-corrected chi connectivity index (χ0v) is 11.3. The molecular weight excluding hydrogens is 372 g/mol. The third-order valence-corrected chi connectivity index (χ3v) is 7.72. The Bertz CT molecular complexity index is 484. The second-order valence-corrected chi connectivity index (χ2v) is 8.96. The van der Waals surface area contributed by atoms with Crippen LogP contribution in [0.1, 0.15) is 0 Å². The predicted octanol–water partition coefficient (Wildman–Crippen LogP) is 3.29. The van der Waals surface area contributed by atoms with Crippen molar-refractivity contribution in [2.75, 3.05) is 0 Å². The molecule has 0 aliphatic carbocycles. The molecule has 0 aliphatic heterocycles. The first-order valence-corrected chi connectivity index (χ1v) is 8.76. The van der Waals surface area contributed by atoms with Gasteiger partial charge >= 0.3 is 105 Å². The van der Waals surface area contributed by atoms with Crippen LogP contribution in [0.15, 0.2) is 41.0 Å². The van der Waals surface area contributed by atoms with E-state index in [-0.39, 0.29) is 0 Å². The standard InChI is InChI=1S/C9H8F3IO3S/c1-2-13(8-6-4-3-5-7-8)16-17(14,15)9(10,11)12/h2-7H,1H2. The fourth-order valence-electron chi connectivity index (χ4n) is 0.815. The molecule has 0 fully saturated rings. The maximum absolute atomic E-state index is 12.1. The molecule has 0 spiro atoms. The molecule has 0 N–H and O–H groups in total. The van der Waals surface area contributed by atoms with Crippen molar-refractivity contribution in [1.29, 1.82) is 0 Å². The van der Waals surface area contributed by atoms with E-state index in [1.807, 2.05) is 0 Å². The predicted molar refractivity (Wildman–Crippen MR) is 65.4 cm³/mol. The average Bonchev–Trinajstić information content (AvgIpc) is 2.25. The van der Waals surface area contributed by atoms with E-state index in [9.17, 15) is 21.6 Å². The normalized spacial score (nSPS) is 13.2. The molecule has 0 atom stereocenters. The Labute approximate surface area is 104 Å². The van der Waals surface area contributed by atoms with Gasteiger partial charge in [-0.25, -0.2) is 0 Å². The van der Waals surface area contributed by atoms with Gasteiger partial charge in [-0.3, -0.25) is 0 Å². The summed E-state index contributed by atoms with van der Waals surface area (Å²) >= 11 is -3.03. The molecule has 8 heteroatoms. The number of alkyl halides is 3. The molecule has 96 valence electrons. The molecule has 0 saturated heterocycles. The van der Waals surface area contributed by atoms with Crippen LogP contribution >= 0.6 is 20.2 Å². The van der Waals surface area contributed by atoms with E-state index < -0.39 is 35.9 Å². The quantitative estimate of drug-likeness (QED) is 0.595. The monoisotopic (exact) mass is 380 g/mol. The summed E-state index contributed by atoms with van der Waals surface area (Å²) in [4.78, 5) is 0. The number of halogens is 4. The van der Waals surface area contributed by atoms with Crippen LogP contribution in [0.2, 0.25) is 0 Å². The average molecular weight is 380 g/mol. The number of benzene rings is 1. The molecule has 0 heterocycles. The van der Waals surface area contributed by atoms with Gasteiger partial charge in [0.05, 0.1) is 0 Å². The Morgan fingerprint density at radius 2 is 1.76 bits per heavy atom. The van der Waals surface area contributed by atoms with Crippen LogP contribution in [0.5, 0.6) is 0 Å². The van der Waals surface area contributed by atoms with Gasteiger partial charge in [-0.15, -0.1) is 0 Å². The Morgan fingerprint density at radius 3 is 2.18 bits per heavy atom. The van der Waals surface area contributed by atoms with Gasteiger partial charge in [0.2, 0.25) is 0 Å². The second-order valence-electron chi connectivity index (χ2n) is 2.69. The molecule has 1 rings (SSSR count). The molecule has 1 aromatic carbocycles. The summed E-state index contributed by atoms with van der Waals surface area (Å²) in [7, 11) is -5.56. The fourth-order valence-corrected chi connectivity index (χ4v) is 6.03. The first-order valence-electron chi connectivity index (χ1n) is 4.15. The Hall–Kier alpha value is -0.610. The maximum atomic E-state index is 12.1. The Morgan fingerprint density at radius 1 is 1.24 bits per heavy atom. The summed E-state index contributed by atoms with van der Waals surface area (Å²) in [5.41, 5.74) is -5.40. The van der Waals surface area contributed by atoms with E-state index in [0.29, 0.717) is 3.57 Å². The molecule has 0 bridgehead atoms. The Kier molecular flexibility index (Phi) is 4.55. The molecule has 1 aromatic rings. The van der Waals surface area contributed by atoms with Crippen molar-refractivity contribution in [2.45, 2.75) is 5.51 Å². The van der Waals surface area contributed by atoms with Crippen molar-refractivity contribution in [3.05, 3.63) is 44.6 Å². The Balaban J connectivity index is 2.98. The van der Waals surface area contributed by atoms with Crippen molar-refractivity contribution in [3.8, 4) is 0 Å². The molecule has 0 amide bonds. The van der Waals surface area contributed by atoms with Gasteiger partial charge in [-0.1, -0.05) is 0 Å². The van der Waals surface area contributed by atoms with E-state index in [4.69, 9.17) is 0 Å². The molecule has 0 aromatic heterocycles. The van der Waals surface area contributed by atoms with Crippen LogP contribution in [-0.2, 0) is 12.6 Å². The molecule has 0 aliphatic rings. The van der Waals surface area contributed by atoms with E-state index in [0.717, 1.165) is 4.08 Å². The molecule has 3 nitrogen and oxygen atoms in total. The summed E-state index contributed by atoms with van der Waals surface area (Å²) in [5, 5.41) is 0. The van der Waals surface area contributed by atoms with Gasteiger partial charge in [-0.05, 0) is 0 Å². The van der Waals surface area contributed by atoms with Crippen LogP contribution in [0.25, 0.3) is 0 Å². The zero-order valence-electron chi connectivity index (χ0n) is 8.32. The number of rotatable bonds is 4. The van der Waals surface area contributed by atoms with Gasteiger partial charge in [0.25, 0.3) is 0 Å². The van der Waals surface area contributed by atoms with Gasteiger partial charge < -0.3 is 0 Å². The van der Waals surface area contributed by atoms with Crippen LogP contribution < -0.4 is 0 Å². The van der Waals surface area contributed by atoms with Gasteiger partial charge in [-0.2, -0.15) is 0 Å². The summed E-state index contributed by atoms with van der Waals surface area (Å²) in [6, 6.07) is 7.87. The number of hydrogen-bond acceptors (Lipinski definition) is 3. The van der Waals surface area contributed by atoms with E-state index in [1.165, 1.54) is 12.1 Å². The van der Waals surface area contributed by atoms with Crippen molar-refractivity contribution >= 4 is 30.4 Å². The summed E-state index contributed by atoms with van der Waals surface area (Å²) < 4.78 is 63.8. The molecule has 17 heavy (non-hydrogen) atoms. The summed E-state index contributed by atoms with van der Waals surface area (Å²) in [5.74, 6) is 0. The van der Waals surface area contributed by atoms with Crippen molar-refractivity contribution in [3.63, 3.8) is 0 Å². The van der Waals surface area contributed by atoms with Crippen LogP contribution in [0, 0.1) is 3.57 Å². The van der Waals surface area contributed by atoms with Crippen molar-refractivity contribution in [1.82, 2.24) is 0 Å². The SMILES string of the molecule is C=CI(OS(=O)(=O)C(F)(F)F)c1ccccc1. The van der Waals surface area contributed by atoms with E-state index >= 15 is 0 Å². The summed E-state index contributed by atoms with van der Waals surface area (Å²) in [6.07, 6.45) is 0. The zero-order chi connectivity index (χ0) is 13.1. The van der Waals surface area contributed by atoms with Crippen LogP contribution in [-0.4, -0.2) is 13.9 Å². The molecule has 0 saturated carbocycles. The third kappa shape index (κ3) is 3.68. The second kappa shape index (κ2) is 5.36. The third-order valence-electron chi connectivity index (χ3n) is 1.52. The minimum absolute atomic E-state index is 0.430. The van der Waals surface area contributed by atoms with Gasteiger partial charge in [0.1, 0.15) is 0 Å². The van der Waals surface area contributed by atoms with Gasteiger partial charge in [0.15, 0.2) is 0 Å². The van der Waals surface area contributed by atoms with Crippen molar-refractivity contribution in [2.24, 2.45) is 0 Å². The van der Waals surface area contributed by atoms with Crippen LogP contribution in [0.4, 0.5) is 13.2 Å². The van der Waals surface area contributed by atoms with Crippen LogP contribution in [0.3, 0.4) is 0 Å². The number of hydrogen-bond donors (Lipinski definition) is 0.